The van der Waals surface area contributed by atoms with Crippen molar-refractivity contribution in [2.45, 2.75) is 6.42 Å². The molecule has 0 radical (unpaired) electrons. The van der Waals surface area contributed by atoms with Gasteiger partial charge in [-0.2, -0.15) is 5.10 Å². The van der Waals surface area contributed by atoms with E-state index in [2.05, 4.69) is 26.3 Å². The zero-order chi connectivity index (χ0) is 13.8. The van der Waals surface area contributed by atoms with Crippen molar-refractivity contribution in [2.24, 2.45) is 12.8 Å². The standard InChI is InChI=1S/C13H15BrN4O/c1-18-13(19)12(14)11(8-16-18)17-10-4-2-9(3-5-10)6-7-15/h2-5,8,17H,6-7,15H2,1H3. The molecule has 100 valence electrons. The molecule has 0 saturated heterocycles. The molecule has 1 aromatic heterocycles. The number of anilines is 2. The molecular weight excluding hydrogens is 308 g/mol. The highest BCUT2D eigenvalue weighted by atomic mass is 79.9. The fourth-order valence-electron chi connectivity index (χ4n) is 1.67. The van der Waals surface area contributed by atoms with Crippen LogP contribution in [-0.2, 0) is 13.5 Å². The summed E-state index contributed by atoms with van der Waals surface area (Å²) in [6, 6.07) is 7.93. The third-order valence-corrected chi connectivity index (χ3v) is 3.51. The highest BCUT2D eigenvalue weighted by Gasteiger charge is 2.06. The number of aryl methyl sites for hydroxylation is 1. The van der Waals surface area contributed by atoms with E-state index in [9.17, 15) is 4.79 Å². The van der Waals surface area contributed by atoms with Gasteiger partial charge in [-0.05, 0) is 46.6 Å². The van der Waals surface area contributed by atoms with Gasteiger partial charge in [-0.3, -0.25) is 4.79 Å². The number of benzene rings is 1. The van der Waals surface area contributed by atoms with Crippen LogP contribution in [0, 0.1) is 0 Å². The minimum Gasteiger partial charge on any atom is -0.353 e. The van der Waals surface area contributed by atoms with Crippen molar-refractivity contribution in [1.82, 2.24) is 9.78 Å². The van der Waals surface area contributed by atoms with Crippen LogP contribution in [0.5, 0.6) is 0 Å². The molecular formula is C13H15BrN4O. The first-order valence-corrected chi connectivity index (χ1v) is 6.69. The average Bonchev–Trinajstić information content (AvgIpc) is 2.42. The fraction of sp³-hybridized carbons (Fsp3) is 0.231. The van der Waals surface area contributed by atoms with E-state index in [4.69, 9.17) is 5.73 Å². The summed E-state index contributed by atoms with van der Waals surface area (Å²) in [4.78, 5) is 11.7. The molecule has 0 aliphatic carbocycles. The molecule has 1 aromatic carbocycles. The van der Waals surface area contributed by atoms with Crippen LogP contribution in [-0.4, -0.2) is 16.3 Å². The molecule has 0 bridgehead atoms. The molecule has 0 saturated carbocycles. The molecule has 0 aliphatic rings. The Morgan fingerprint density at radius 1 is 1.37 bits per heavy atom. The molecule has 6 heteroatoms. The Morgan fingerprint density at radius 2 is 2.05 bits per heavy atom. The Kier molecular flexibility index (Phi) is 4.34. The van der Waals surface area contributed by atoms with Gasteiger partial charge in [0.1, 0.15) is 4.47 Å². The van der Waals surface area contributed by atoms with E-state index < -0.39 is 0 Å². The lowest BCUT2D eigenvalue weighted by molar-refractivity contribution is 0.704. The van der Waals surface area contributed by atoms with Crippen LogP contribution >= 0.6 is 15.9 Å². The Morgan fingerprint density at radius 3 is 2.68 bits per heavy atom. The van der Waals surface area contributed by atoms with Crippen LogP contribution < -0.4 is 16.6 Å². The molecule has 1 heterocycles. The lowest BCUT2D eigenvalue weighted by Gasteiger charge is -2.09. The molecule has 5 nitrogen and oxygen atoms in total. The van der Waals surface area contributed by atoms with E-state index in [1.807, 2.05) is 24.3 Å². The summed E-state index contributed by atoms with van der Waals surface area (Å²) < 4.78 is 1.75. The quantitative estimate of drug-likeness (QED) is 0.900. The lowest BCUT2D eigenvalue weighted by atomic mass is 10.1. The Labute approximate surface area is 119 Å². The summed E-state index contributed by atoms with van der Waals surface area (Å²) in [5, 5.41) is 7.13. The molecule has 2 rings (SSSR count). The number of hydrogen-bond acceptors (Lipinski definition) is 4. The van der Waals surface area contributed by atoms with E-state index in [-0.39, 0.29) is 5.56 Å². The lowest BCUT2D eigenvalue weighted by Crippen LogP contribution is -2.20. The summed E-state index contributed by atoms with van der Waals surface area (Å²) in [6.45, 7) is 0.636. The van der Waals surface area contributed by atoms with Crippen molar-refractivity contribution in [3.63, 3.8) is 0 Å². The molecule has 0 unspecified atom stereocenters. The van der Waals surface area contributed by atoms with Gasteiger partial charge in [-0.15, -0.1) is 0 Å². The van der Waals surface area contributed by atoms with Crippen LogP contribution in [0.4, 0.5) is 11.4 Å². The molecule has 19 heavy (non-hydrogen) atoms. The van der Waals surface area contributed by atoms with Crippen molar-refractivity contribution in [1.29, 1.82) is 0 Å². The van der Waals surface area contributed by atoms with Gasteiger partial charge in [0.15, 0.2) is 0 Å². The van der Waals surface area contributed by atoms with Gasteiger partial charge < -0.3 is 11.1 Å². The van der Waals surface area contributed by atoms with Crippen molar-refractivity contribution >= 4 is 27.3 Å². The second-order valence-corrected chi connectivity index (χ2v) is 4.95. The van der Waals surface area contributed by atoms with Crippen LogP contribution in [0.25, 0.3) is 0 Å². The number of nitrogens with two attached hydrogens (primary N) is 1. The molecule has 3 N–H and O–H groups in total. The maximum absolute atomic E-state index is 11.7. The third kappa shape index (κ3) is 3.21. The van der Waals surface area contributed by atoms with Crippen molar-refractivity contribution < 1.29 is 0 Å². The van der Waals surface area contributed by atoms with Crippen molar-refractivity contribution in [3.05, 3.63) is 50.9 Å². The highest BCUT2D eigenvalue weighted by molar-refractivity contribution is 9.10. The van der Waals surface area contributed by atoms with E-state index >= 15 is 0 Å². The average molecular weight is 323 g/mol. The molecule has 2 aromatic rings. The first kappa shape index (κ1) is 13.8. The zero-order valence-electron chi connectivity index (χ0n) is 10.6. The summed E-state index contributed by atoms with van der Waals surface area (Å²) in [6.07, 6.45) is 2.47. The monoisotopic (exact) mass is 322 g/mol. The maximum Gasteiger partial charge on any atom is 0.282 e. The normalized spacial score (nSPS) is 10.5. The predicted molar refractivity (Wildman–Crippen MR) is 79.7 cm³/mol. The van der Waals surface area contributed by atoms with E-state index in [1.165, 1.54) is 10.2 Å². The molecule has 0 amide bonds. The molecule has 0 atom stereocenters. The molecule has 0 spiro atoms. The Hall–Kier alpha value is -1.66. The minimum absolute atomic E-state index is 0.176. The Bertz CT molecular complexity index is 622. The maximum atomic E-state index is 11.7. The van der Waals surface area contributed by atoms with Crippen LogP contribution in [0.3, 0.4) is 0 Å². The summed E-state index contributed by atoms with van der Waals surface area (Å²) in [5.41, 5.74) is 8.07. The van der Waals surface area contributed by atoms with Gasteiger partial charge in [0.2, 0.25) is 0 Å². The van der Waals surface area contributed by atoms with Gasteiger partial charge in [-0.25, -0.2) is 4.68 Å². The van der Waals surface area contributed by atoms with Crippen LogP contribution in [0.15, 0.2) is 39.7 Å². The summed E-state index contributed by atoms with van der Waals surface area (Å²) in [5.74, 6) is 0. The smallest absolute Gasteiger partial charge is 0.282 e. The number of nitrogens with zero attached hydrogens (tertiary/aromatic N) is 2. The van der Waals surface area contributed by atoms with E-state index in [0.29, 0.717) is 16.7 Å². The second-order valence-electron chi connectivity index (χ2n) is 4.16. The minimum atomic E-state index is -0.176. The first-order chi connectivity index (χ1) is 9.11. The highest BCUT2D eigenvalue weighted by Crippen LogP contribution is 2.21. The van der Waals surface area contributed by atoms with Gasteiger partial charge >= 0.3 is 0 Å². The number of aromatic nitrogens is 2. The van der Waals surface area contributed by atoms with Gasteiger partial charge in [0.05, 0.1) is 11.9 Å². The topological polar surface area (TPSA) is 72.9 Å². The second kappa shape index (κ2) is 5.99. The SMILES string of the molecule is Cn1ncc(Nc2ccc(CCN)cc2)c(Br)c1=O. The summed E-state index contributed by atoms with van der Waals surface area (Å²) in [7, 11) is 1.61. The number of rotatable bonds is 4. The van der Waals surface area contributed by atoms with Crippen LogP contribution in [0.2, 0.25) is 0 Å². The van der Waals surface area contributed by atoms with E-state index in [0.717, 1.165) is 12.1 Å². The number of halogens is 1. The number of nitrogens with one attached hydrogen (secondary N) is 1. The number of hydrogen-bond donors (Lipinski definition) is 2. The van der Waals surface area contributed by atoms with E-state index in [1.54, 1.807) is 13.2 Å². The zero-order valence-corrected chi connectivity index (χ0v) is 12.1. The summed E-state index contributed by atoms with van der Waals surface area (Å²) >= 11 is 3.28. The first-order valence-electron chi connectivity index (χ1n) is 5.89. The third-order valence-electron chi connectivity index (χ3n) is 2.74. The Balaban J connectivity index is 2.22. The molecule has 0 fully saturated rings. The van der Waals surface area contributed by atoms with Crippen molar-refractivity contribution in [3.8, 4) is 0 Å². The van der Waals surface area contributed by atoms with Gasteiger partial charge in [-0.1, -0.05) is 12.1 Å². The van der Waals surface area contributed by atoms with Gasteiger partial charge in [0.25, 0.3) is 5.56 Å². The van der Waals surface area contributed by atoms with Crippen molar-refractivity contribution in [2.75, 3.05) is 11.9 Å². The predicted octanol–water partition coefficient (Wildman–Crippen LogP) is 1.79. The molecule has 0 aliphatic heterocycles. The van der Waals surface area contributed by atoms with Crippen LogP contribution in [0.1, 0.15) is 5.56 Å². The van der Waals surface area contributed by atoms with Gasteiger partial charge in [0, 0.05) is 12.7 Å². The fourth-order valence-corrected chi connectivity index (χ4v) is 2.13. The largest absolute Gasteiger partial charge is 0.353 e.